The van der Waals surface area contributed by atoms with Gasteiger partial charge in [-0.05, 0) is 23.1 Å². The van der Waals surface area contributed by atoms with Crippen molar-refractivity contribution in [1.29, 1.82) is 0 Å². The molecule has 0 spiro atoms. The zero-order valence-corrected chi connectivity index (χ0v) is 16.8. The van der Waals surface area contributed by atoms with Crippen molar-refractivity contribution in [2.45, 2.75) is 37.5 Å². The lowest BCUT2D eigenvalue weighted by molar-refractivity contribution is -0.120. The number of nitrogens with zero attached hydrogens (tertiary/aromatic N) is 1. The largest absolute Gasteiger partial charge is 0.379 e. The van der Waals surface area contributed by atoms with Crippen LogP contribution in [0.15, 0.2) is 29.2 Å². The molecular weight excluding hydrogens is 352 g/mol. The molecule has 0 unspecified atom stereocenters. The van der Waals surface area contributed by atoms with Crippen molar-refractivity contribution in [2.75, 3.05) is 45.1 Å². The fourth-order valence-corrected chi connectivity index (χ4v) is 4.01. The van der Waals surface area contributed by atoms with E-state index in [1.165, 1.54) is 0 Å². The van der Waals surface area contributed by atoms with Crippen LogP contribution in [0, 0.1) is 0 Å². The first kappa shape index (κ1) is 20.9. The molecule has 1 N–H and O–H groups in total. The summed E-state index contributed by atoms with van der Waals surface area (Å²) in [6, 6.07) is 6.95. The summed E-state index contributed by atoms with van der Waals surface area (Å²) in [4.78, 5) is 14.4. The van der Waals surface area contributed by atoms with Gasteiger partial charge in [0.25, 0.3) is 0 Å². The maximum atomic E-state index is 12.4. The molecule has 1 amide bonds. The number of nitrogens with one attached hydrogen (secondary N) is 1. The highest BCUT2D eigenvalue weighted by molar-refractivity contribution is 7.91. The van der Waals surface area contributed by atoms with Crippen molar-refractivity contribution in [3.8, 4) is 0 Å². The number of sulfone groups is 1. The molecule has 2 rings (SSSR count). The van der Waals surface area contributed by atoms with Crippen LogP contribution in [-0.2, 0) is 24.8 Å². The highest BCUT2D eigenvalue weighted by atomic mass is 32.2. The van der Waals surface area contributed by atoms with Crippen LogP contribution < -0.4 is 5.32 Å². The average molecular weight is 383 g/mol. The monoisotopic (exact) mass is 382 g/mol. The van der Waals surface area contributed by atoms with Gasteiger partial charge < -0.3 is 10.1 Å². The van der Waals surface area contributed by atoms with Crippen molar-refractivity contribution in [1.82, 2.24) is 10.2 Å². The smallest absolute Gasteiger partial charge is 0.221 e. The van der Waals surface area contributed by atoms with Crippen molar-refractivity contribution >= 4 is 15.7 Å². The molecule has 0 saturated carbocycles. The van der Waals surface area contributed by atoms with Gasteiger partial charge in [-0.1, -0.05) is 32.9 Å². The molecule has 146 valence electrons. The highest BCUT2D eigenvalue weighted by Crippen LogP contribution is 2.23. The van der Waals surface area contributed by atoms with E-state index in [0.29, 0.717) is 6.54 Å². The fourth-order valence-electron chi connectivity index (χ4n) is 2.77. The Labute approximate surface area is 156 Å². The van der Waals surface area contributed by atoms with Crippen LogP contribution in [0.2, 0.25) is 0 Å². The standard InChI is InChI=1S/C19H30N2O4S/c1-19(2,3)16-4-6-17(7-5-16)26(23,24)15-8-18(22)20-9-10-21-11-13-25-14-12-21/h4-7H,8-15H2,1-3H3,(H,20,22). The van der Waals surface area contributed by atoms with Gasteiger partial charge in [-0.2, -0.15) is 0 Å². The number of ether oxygens (including phenoxy) is 1. The predicted molar refractivity (Wildman–Crippen MR) is 102 cm³/mol. The Hall–Kier alpha value is -1.44. The van der Waals surface area contributed by atoms with Crippen molar-refractivity contribution in [3.05, 3.63) is 29.8 Å². The molecule has 0 aromatic heterocycles. The number of carbonyl (C=O) groups is 1. The molecular formula is C19H30N2O4S. The Kier molecular flexibility index (Phi) is 7.20. The number of hydrogen-bond acceptors (Lipinski definition) is 5. The number of benzene rings is 1. The number of morpholine rings is 1. The lowest BCUT2D eigenvalue weighted by Crippen LogP contribution is -2.41. The van der Waals surface area contributed by atoms with Crippen LogP contribution in [0.5, 0.6) is 0 Å². The van der Waals surface area contributed by atoms with Gasteiger partial charge in [0.1, 0.15) is 0 Å². The second-order valence-corrected chi connectivity index (χ2v) is 9.76. The summed E-state index contributed by atoms with van der Waals surface area (Å²) in [7, 11) is -3.45. The van der Waals surface area contributed by atoms with Gasteiger partial charge in [0, 0.05) is 32.6 Å². The van der Waals surface area contributed by atoms with Gasteiger partial charge in [0.05, 0.1) is 23.9 Å². The summed E-state index contributed by atoms with van der Waals surface area (Å²) in [6.45, 7) is 10.7. The second-order valence-electron chi connectivity index (χ2n) is 7.65. The molecule has 1 aromatic rings. The van der Waals surface area contributed by atoms with Crippen molar-refractivity contribution in [3.63, 3.8) is 0 Å². The molecule has 1 heterocycles. The average Bonchev–Trinajstić information content (AvgIpc) is 2.60. The first-order valence-corrected chi connectivity index (χ1v) is 10.7. The van der Waals surface area contributed by atoms with Crippen LogP contribution >= 0.6 is 0 Å². The Bertz CT molecular complexity index is 687. The normalized spacial score (nSPS) is 16.4. The molecule has 26 heavy (non-hydrogen) atoms. The highest BCUT2D eigenvalue weighted by Gasteiger charge is 2.19. The fraction of sp³-hybridized carbons (Fsp3) is 0.632. The van der Waals surface area contributed by atoms with E-state index in [1.54, 1.807) is 12.1 Å². The summed E-state index contributed by atoms with van der Waals surface area (Å²) in [5, 5.41) is 2.80. The Morgan fingerprint density at radius 3 is 2.35 bits per heavy atom. The summed E-state index contributed by atoms with van der Waals surface area (Å²) in [5.41, 5.74) is 1.06. The van der Waals surface area contributed by atoms with E-state index in [2.05, 4.69) is 31.0 Å². The van der Waals surface area contributed by atoms with Crippen LogP contribution in [0.3, 0.4) is 0 Å². The van der Waals surface area contributed by atoms with E-state index in [9.17, 15) is 13.2 Å². The van der Waals surface area contributed by atoms with Crippen molar-refractivity contribution < 1.29 is 17.9 Å². The van der Waals surface area contributed by atoms with Crippen molar-refractivity contribution in [2.24, 2.45) is 0 Å². The van der Waals surface area contributed by atoms with Crippen LogP contribution in [0.25, 0.3) is 0 Å². The molecule has 1 aliphatic heterocycles. The first-order valence-electron chi connectivity index (χ1n) is 9.08. The summed E-state index contributed by atoms with van der Waals surface area (Å²) in [6.07, 6.45) is -0.0214. The van der Waals surface area contributed by atoms with Gasteiger partial charge in [-0.25, -0.2) is 8.42 Å². The molecule has 0 bridgehead atoms. The third-order valence-corrected chi connectivity index (χ3v) is 6.26. The Morgan fingerprint density at radius 1 is 1.15 bits per heavy atom. The van der Waals surface area contributed by atoms with Gasteiger partial charge in [-0.15, -0.1) is 0 Å². The topological polar surface area (TPSA) is 75.7 Å². The molecule has 1 saturated heterocycles. The third kappa shape index (κ3) is 6.37. The quantitative estimate of drug-likeness (QED) is 0.775. The molecule has 0 atom stereocenters. The molecule has 7 heteroatoms. The maximum Gasteiger partial charge on any atom is 0.221 e. The SMILES string of the molecule is CC(C)(C)c1ccc(S(=O)(=O)CCC(=O)NCCN2CCOCC2)cc1. The van der Waals surface area contributed by atoms with E-state index in [4.69, 9.17) is 4.74 Å². The van der Waals surface area contributed by atoms with E-state index >= 15 is 0 Å². The Balaban J connectivity index is 1.78. The minimum Gasteiger partial charge on any atom is -0.379 e. The predicted octanol–water partition coefficient (Wildman–Crippen LogP) is 1.60. The van der Waals surface area contributed by atoms with Crippen LogP contribution in [-0.4, -0.2) is 64.4 Å². The number of hydrogen-bond donors (Lipinski definition) is 1. The molecule has 0 aliphatic carbocycles. The molecule has 1 fully saturated rings. The van der Waals surface area contributed by atoms with E-state index in [-0.39, 0.29) is 28.4 Å². The number of amides is 1. The maximum absolute atomic E-state index is 12.4. The first-order chi connectivity index (χ1) is 12.2. The van der Waals surface area contributed by atoms with E-state index in [0.717, 1.165) is 38.4 Å². The van der Waals surface area contributed by atoms with Gasteiger partial charge in [-0.3, -0.25) is 9.69 Å². The van der Waals surface area contributed by atoms with E-state index < -0.39 is 9.84 Å². The second kappa shape index (κ2) is 8.97. The summed E-state index contributed by atoms with van der Waals surface area (Å²) in [5.74, 6) is -0.404. The van der Waals surface area contributed by atoms with Crippen LogP contribution in [0.4, 0.5) is 0 Å². The van der Waals surface area contributed by atoms with Gasteiger partial charge >= 0.3 is 0 Å². The Morgan fingerprint density at radius 2 is 1.77 bits per heavy atom. The zero-order valence-electron chi connectivity index (χ0n) is 16.0. The van der Waals surface area contributed by atoms with Gasteiger partial charge in [0.2, 0.25) is 5.91 Å². The lowest BCUT2D eigenvalue weighted by Gasteiger charge is -2.26. The van der Waals surface area contributed by atoms with E-state index in [1.807, 2.05) is 12.1 Å². The lowest BCUT2D eigenvalue weighted by atomic mass is 9.87. The molecule has 6 nitrogen and oxygen atoms in total. The number of rotatable bonds is 7. The summed E-state index contributed by atoms with van der Waals surface area (Å²) >= 11 is 0. The molecule has 1 aromatic carbocycles. The number of carbonyl (C=O) groups excluding carboxylic acids is 1. The molecule has 0 radical (unpaired) electrons. The van der Waals surface area contributed by atoms with Crippen LogP contribution in [0.1, 0.15) is 32.8 Å². The minimum atomic E-state index is -3.45. The summed E-state index contributed by atoms with van der Waals surface area (Å²) < 4.78 is 30.1. The van der Waals surface area contributed by atoms with Gasteiger partial charge in [0.15, 0.2) is 9.84 Å². The zero-order chi connectivity index (χ0) is 19.2. The minimum absolute atomic E-state index is 0.0214. The molecule has 1 aliphatic rings. The third-order valence-electron chi connectivity index (χ3n) is 4.53.